The summed E-state index contributed by atoms with van der Waals surface area (Å²) in [4.78, 5) is 16.2. The molecule has 84 valence electrons. The van der Waals surface area contributed by atoms with Crippen LogP contribution in [0.25, 0.3) is 5.57 Å². The van der Waals surface area contributed by atoms with Crippen LogP contribution in [-0.2, 0) is 0 Å². The third-order valence-electron chi connectivity index (χ3n) is 3.37. The van der Waals surface area contributed by atoms with Gasteiger partial charge in [0, 0.05) is 5.92 Å². The summed E-state index contributed by atoms with van der Waals surface area (Å²) in [5.41, 5.74) is 1.20. The predicted octanol–water partition coefficient (Wildman–Crippen LogP) is 2.24. The second kappa shape index (κ2) is 3.27. The summed E-state index contributed by atoms with van der Waals surface area (Å²) in [5, 5.41) is 4.35. The summed E-state index contributed by atoms with van der Waals surface area (Å²) in [6.45, 7) is 4.12. The maximum absolute atomic E-state index is 11.9. The number of carbonyl (C=O) groups excluding carboxylic acids is 1. The molecule has 4 nitrogen and oxygen atoms in total. The molecule has 1 saturated carbocycles. The van der Waals surface area contributed by atoms with Crippen LogP contribution >= 0.6 is 0 Å². The van der Waals surface area contributed by atoms with Crippen LogP contribution in [0, 0.1) is 5.92 Å². The molecule has 0 N–H and O–H groups in total. The second-order valence-electron chi connectivity index (χ2n) is 4.71. The van der Waals surface area contributed by atoms with Crippen LogP contribution in [-0.4, -0.2) is 20.5 Å². The van der Waals surface area contributed by atoms with Crippen molar-refractivity contribution < 1.29 is 4.79 Å². The minimum Gasteiger partial charge on any atom is -0.290 e. The van der Waals surface area contributed by atoms with Crippen molar-refractivity contribution in [3.63, 3.8) is 0 Å². The SMILES string of the molecule is C/C=C1/CC(C)n2nc(C(=O)C3CC3)nc21. The average Bonchev–Trinajstić information content (AvgIpc) is 2.96. The fourth-order valence-corrected chi connectivity index (χ4v) is 2.22. The molecule has 0 amide bonds. The second-order valence-corrected chi connectivity index (χ2v) is 4.71. The Morgan fingerprint density at radius 3 is 2.88 bits per heavy atom. The largest absolute Gasteiger partial charge is 0.290 e. The van der Waals surface area contributed by atoms with E-state index in [0.717, 1.165) is 25.1 Å². The van der Waals surface area contributed by atoms with Gasteiger partial charge in [-0.25, -0.2) is 9.67 Å². The quantitative estimate of drug-likeness (QED) is 0.714. The topological polar surface area (TPSA) is 47.8 Å². The minimum absolute atomic E-state index is 0.129. The number of ketones is 1. The van der Waals surface area contributed by atoms with Crippen molar-refractivity contribution in [1.82, 2.24) is 14.8 Å². The number of Topliss-reactive ketones (excluding diaryl/α,β-unsaturated/α-hetero) is 1. The molecule has 2 aliphatic rings. The Hall–Kier alpha value is -1.45. The molecule has 0 spiro atoms. The molecule has 4 heteroatoms. The lowest BCUT2D eigenvalue weighted by molar-refractivity contribution is 0.0957. The molecular formula is C12H15N3O. The monoisotopic (exact) mass is 217 g/mol. The van der Waals surface area contributed by atoms with E-state index in [1.54, 1.807) is 0 Å². The van der Waals surface area contributed by atoms with Gasteiger partial charge in [0.05, 0.1) is 6.04 Å². The van der Waals surface area contributed by atoms with Crippen LogP contribution in [0.2, 0.25) is 0 Å². The van der Waals surface area contributed by atoms with Gasteiger partial charge >= 0.3 is 0 Å². The molecule has 1 aromatic rings. The van der Waals surface area contributed by atoms with Crippen molar-refractivity contribution in [3.8, 4) is 0 Å². The van der Waals surface area contributed by atoms with Crippen LogP contribution in [0.15, 0.2) is 6.08 Å². The summed E-state index contributed by atoms with van der Waals surface area (Å²) < 4.78 is 1.89. The summed E-state index contributed by atoms with van der Waals surface area (Å²) in [6.07, 6.45) is 5.06. The molecule has 0 saturated heterocycles. The Labute approximate surface area is 94.4 Å². The average molecular weight is 217 g/mol. The van der Waals surface area contributed by atoms with Crippen LogP contribution in [0.1, 0.15) is 55.6 Å². The highest BCUT2D eigenvalue weighted by atomic mass is 16.1. The Morgan fingerprint density at radius 2 is 2.25 bits per heavy atom. The lowest BCUT2D eigenvalue weighted by Gasteiger charge is -2.01. The zero-order chi connectivity index (χ0) is 11.3. The lowest BCUT2D eigenvalue weighted by atomic mass is 10.1. The van der Waals surface area contributed by atoms with Gasteiger partial charge in [0.15, 0.2) is 5.82 Å². The number of carbonyl (C=O) groups is 1. The molecule has 1 aliphatic carbocycles. The first-order valence-electron chi connectivity index (χ1n) is 5.87. The van der Waals surface area contributed by atoms with Crippen molar-refractivity contribution in [1.29, 1.82) is 0 Å². The van der Waals surface area contributed by atoms with E-state index < -0.39 is 0 Å². The van der Waals surface area contributed by atoms with Gasteiger partial charge in [0.1, 0.15) is 0 Å². The number of rotatable bonds is 2. The molecule has 2 heterocycles. The number of nitrogens with zero attached hydrogens (tertiary/aromatic N) is 3. The van der Waals surface area contributed by atoms with Crippen molar-refractivity contribution >= 4 is 11.4 Å². The van der Waals surface area contributed by atoms with E-state index in [0.29, 0.717) is 11.9 Å². The Bertz CT molecular complexity index is 482. The molecule has 16 heavy (non-hydrogen) atoms. The number of allylic oxidation sites excluding steroid dienone is 2. The zero-order valence-corrected chi connectivity index (χ0v) is 9.60. The smallest absolute Gasteiger partial charge is 0.218 e. The van der Waals surface area contributed by atoms with Gasteiger partial charge in [0.25, 0.3) is 0 Å². The van der Waals surface area contributed by atoms with Crippen molar-refractivity contribution in [2.75, 3.05) is 0 Å². The van der Waals surface area contributed by atoms with Gasteiger partial charge in [0.2, 0.25) is 11.6 Å². The van der Waals surface area contributed by atoms with Crippen LogP contribution in [0.5, 0.6) is 0 Å². The molecule has 1 fully saturated rings. The number of hydrogen-bond acceptors (Lipinski definition) is 3. The Kier molecular flexibility index (Phi) is 1.99. The summed E-state index contributed by atoms with van der Waals surface area (Å²) in [7, 11) is 0. The van der Waals surface area contributed by atoms with E-state index in [1.807, 2.05) is 11.6 Å². The van der Waals surface area contributed by atoms with Crippen LogP contribution < -0.4 is 0 Å². The Morgan fingerprint density at radius 1 is 1.50 bits per heavy atom. The van der Waals surface area contributed by atoms with Gasteiger partial charge in [-0.2, -0.15) is 0 Å². The first-order chi connectivity index (χ1) is 7.70. The highest BCUT2D eigenvalue weighted by Gasteiger charge is 2.35. The fraction of sp³-hybridized carbons (Fsp3) is 0.583. The lowest BCUT2D eigenvalue weighted by Crippen LogP contribution is -2.07. The third kappa shape index (κ3) is 1.32. The fourth-order valence-electron chi connectivity index (χ4n) is 2.22. The normalized spacial score (nSPS) is 26.1. The van der Waals surface area contributed by atoms with Crippen molar-refractivity contribution in [3.05, 3.63) is 17.7 Å². The first-order valence-corrected chi connectivity index (χ1v) is 5.87. The number of aromatic nitrogens is 3. The van der Waals surface area contributed by atoms with Gasteiger partial charge in [-0.3, -0.25) is 4.79 Å². The third-order valence-corrected chi connectivity index (χ3v) is 3.37. The van der Waals surface area contributed by atoms with E-state index >= 15 is 0 Å². The summed E-state index contributed by atoms with van der Waals surface area (Å²) in [5.74, 6) is 1.64. The maximum Gasteiger partial charge on any atom is 0.218 e. The summed E-state index contributed by atoms with van der Waals surface area (Å²) in [6, 6.07) is 0.328. The predicted molar refractivity (Wildman–Crippen MR) is 60.1 cm³/mol. The molecule has 1 aliphatic heterocycles. The van der Waals surface area contributed by atoms with Crippen LogP contribution in [0.3, 0.4) is 0 Å². The van der Waals surface area contributed by atoms with Gasteiger partial charge < -0.3 is 0 Å². The molecule has 1 unspecified atom stereocenters. The molecule has 3 rings (SSSR count). The van der Waals surface area contributed by atoms with Gasteiger partial charge in [-0.05, 0) is 38.7 Å². The van der Waals surface area contributed by atoms with Gasteiger partial charge in [-0.1, -0.05) is 6.08 Å². The van der Waals surface area contributed by atoms with Crippen LogP contribution in [0.4, 0.5) is 0 Å². The highest BCUT2D eigenvalue weighted by molar-refractivity contribution is 5.96. The van der Waals surface area contributed by atoms with E-state index in [1.165, 1.54) is 5.57 Å². The Balaban J connectivity index is 2.00. The van der Waals surface area contributed by atoms with E-state index in [2.05, 4.69) is 23.1 Å². The maximum atomic E-state index is 11.9. The minimum atomic E-state index is 0.129. The van der Waals surface area contributed by atoms with Gasteiger partial charge in [-0.15, -0.1) is 5.10 Å². The van der Waals surface area contributed by atoms with E-state index in [4.69, 9.17) is 0 Å². The van der Waals surface area contributed by atoms with E-state index in [9.17, 15) is 4.79 Å². The molecule has 0 bridgehead atoms. The standard InChI is InChI=1S/C12H15N3O/c1-3-8-6-7(2)15-12(8)13-11(14-15)10(16)9-4-5-9/h3,7,9H,4-6H2,1-2H3/b8-3-. The summed E-state index contributed by atoms with van der Waals surface area (Å²) >= 11 is 0. The highest BCUT2D eigenvalue weighted by Crippen LogP contribution is 2.35. The zero-order valence-electron chi connectivity index (χ0n) is 9.60. The van der Waals surface area contributed by atoms with E-state index in [-0.39, 0.29) is 11.7 Å². The molecule has 1 aromatic heterocycles. The molecule has 0 aromatic carbocycles. The first kappa shape index (κ1) is 9.75. The molecular weight excluding hydrogens is 202 g/mol. The number of hydrogen-bond donors (Lipinski definition) is 0. The number of fused-ring (bicyclic) bond motifs is 1. The molecule has 0 radical (unpaired) electrons. The molecule has 1 atom stereocenters. The van der Waals surface area contributed by atoms with Crippen molar-refractivity contribution in [2.45, 2.75) is 39.2 Å². The van der Waals surface area contributed by atoms with Crippen molar-refractivity contribution in [2.24, 2.45) is 5.92 Å².